The smallest absolute Gasteiger partial charge is 0.293 e. The Kier molecular flexibility index (Phi) is 13.8. The van der Waals surface area contributed by atoms with Gasteiger partial charge in [-0.3, -0.25) is 24.6 Å². The lowest BCUT2D eigenvalue weighted by molar-refractivity contribution is -0.384. The van der Waals surface area contributed by atoms with E-state index >= 15 is 0 Å². The lowest BCUT2D eigenvalue weighted by atomic mass is 9.59. The van der Waals surface area contributed by atoms with Crippen LogP contribution in [0.5, 0.6) is 11.5 Å². The number of rotatable bonds is 14. The van der Waals surface area contributed by atoms with E-state index in [9.17, 15) is 33.2 Å². The molecule has 2 amide bonds. The molecule has 4 fully saturated rings. The van der Waals surface area contributed by atoms with Gasteiger partial charge in [0, 0.05) is 80.3 Å². The van der Waals surface area contributed by atoms with Crippen LogP contribution in [0, 0.1) is 21.4 Å². The minimum atomic E-state index is -4.60. The van der Waals surface area contributed by atoms with E-state index in [0.717, 1.165) is 75.3 Å². The van der Waals surface area contributed by atoms with Gasteiger partial charge in [0.2, 0.25) is 0 Å². The number of hydrogen-bond acceptors (Lipinski definition) is 12. The van der Waals surface area contributed by atoms with Gasteiger partial charge in [-0.25, -0.2) is 18.1 Å². The molecule has 16 nitrogen and oxygen atoms in total. The molecule has 1 unspecified atom stereocenters. The zero-order valence-electron chi connectivity index (χ0n) is 41.6. The Morgan fingerprint density at radius 3 is 2.40 bits per heavy atom. The standard InChI is InChI=1S/C56H64N8O8S/c1-37(2)45-11-7-8-12-46(45)50-36-62(54(66)39-9-5-4-6-10-39)27-28-63(50)42-32-56(33-42)22-25-61(26-23-56)41-13-15-47(51(30-41)72-43-29-40-19-24-57-52(40)59-35-43)53(65)60-73(70,71)44-14-16-48(49(31-44)64(68)69)58-34-38-17-20-55(3,67)21-18-38/h4-16,19,24,29-31,35,37-38,42,50,58,67H,17-18,20-23,25-28,32-34,36H2,1-3H3,(H,57,59)(H,60,65). The van der Waals surface area contributed by atoms with E-state index in [0.29, 0.717) is 61.4 Å². The zero-order chi connectivity index (χ0) is 51.1. The third-order valence-electron chi connectivity index (χ3n) is 16.0. The maximum absolute atomic E-state index is 14.1. The van der Waals surface area contributed by atoms with Crippen LogP contribution < -0.4 is 19.7 Å². The van der Waals surface area contributed by atoms with E-state index in [2.05, 4.69) is 67.9 Å². The molecule has 4 aromatic carbocycles. The minimum Gasteiger partial charge on any atom is -0.455 e. The van der Waals surface area contributed by atoms with Crippen LogP contribution in [0.2, 0.25) is 0 Å². The average Bonchev–Trinajstić information content (AvgIpc) is 3.86. The first-order valence-corrected chi connectivity index (χ1v) is 27.0. The normalized spacial score (nSPS) is 21.5. The lowest BCUT2D eigenvalue weighted by Gasteiger charge is -2.58. The number of ether oxygens (including phenoxy) is 1. The molecule has 4 N–H and O–H groups in total. The summed E-state index contributed by atoms with van der Waals surface area (Å²) in [4.78, 5) is 53.5. The van der Waals surface area contributed by atoms with E-state index in [1.807, 2.05) is 48.2 Å². The van der Waals surface area contributed by atoms with Crippen LogP contribution in [-0.4, -0.2) is 101 Å². The van der Waals surface area contributed by atoms with E-state index in [-0.39, 0.29) is 40.3 Å². The first kappa shape index (κ1) is 49.7. The largest absolute Gasteiger partial charge is 0.455 e. The van der Waals surface area contributed by atoms with E-state index in [1.54, 1.807) is 30.5 Å². The number of nitrogens with one attached hydrogen (secondary N) is 3. The number of nitro groups is 1. The van der Waals surface area contributed by atoms with Crippen molar-refractivity contribution < 1.29 is 32.8 Å². The molecule has 10 rings (SSSR count). The maximum atomic E-state index is 14.1. The van der Waals surface area contributed by atoms with Gasteiger partial charge < -0.3 is 29.9 Å². The second kappa shape index (κ2) is 20.2. The van der Waals surface area contributed by atoms with Crippen LogP contribution in [0.4, 0.5) is 17.1 Å². The monoisotopic (exact) mass is 1010 g/mol. The van der Waals surface area contributed by atoms with Gasteiger partial charge in [-0.1, -0.05) is 56.3 Å². The van der Waals surface area contributed by atoms with Crippen molar-refractivity contribution in [3.8, 4) is 11.5 Å². The molecule has 0 radical (unpaired) electrons. The number of sulfonamides is 1. The molecule has 2 aliphatic heterocycles. The molecule has 6 aromatic rings. The Bertz CT molecular complexity index is 3120. The molecule has 4 heterocycles. The summed E-state index contributed by atoms with van der Waals surface area (Å²) in [5.41, 5.74) is 3.93. The molecular formula is C56H64N8O8S. The van der Waals surface area contributed by atoms with Crippen molar-refractivity contribution in [2.24, 2.45) is 11.3 Å². The highest BCUT2D eigenvalue weighted by atomic mass is 32.2. The number of carbonyl (C=O) groups excluding carboxylic acids is 2. The lowest BCUT2D eigenvalue weighted by Crippen LogP contribution is -2.60. The summed E-state index contributed by atoms with van der Waals surface area (Å²) >= 11 is 0. The fourth-order valence-electron chi connectivity index (χ4n) is 11.7. The number of nitrogens with zero attached hydrogens (tertiary/aromatic N) is 5. The van der Waals surface area contributed by atoms with Crippen LogP contribution in [0.15, 0.2) is 120 Å². The number of aliphatic hydroxyl groups is 1. The van der Waals surface area contributed by atoms with Crippen molar-refractivity contribution in [2.45, 2.75) is 101 Å². The molecule has 4 aliphatic rings. The van der Waals surface area contributed by atoms with Crippen molar-refractivity contribution in [1.82, 2.24) is 24.5 Å². The molecule has 2 saturated carbocycles. The summed E-state index contributed by atoms with van der Waals surface area (Å²) in [6.07, 6.45) is 10.1. The van der Waals surface area contributed by atoms with E-state index in [4.69, 9.17) is 4.74 Å². The Morgan fingerprint density at radius 1 is 0.918 bits per heavy atom. The van der Waals surface area contributed by atoms with Crippen LogP contribution in [0.3, 0.4) is 0 Å². The number of piperidine rings is 1. The van der Waals surface area contributed by atoms with Gasteiger partial charge in [0.1, 0.15) is 22.8 Å². The number of hydrogen-bond donors (Lipinski definition) is 4. The quantitative estimate of drug-likeness (QED) is 0.0595. The van der Waals surface area contributed by atoms with E-state index in [1.165, 1.54) is 29.5 Å². The number of aromatic amines is 1. The second-order valence-electron chi connectivity index (χ2n) is 21.3. The molecular weight excluding hydrogens is 945 g/mol. The van der Waals surface area contributed by atoms with Gasteiger partial charge in [-0.15, -0.1) is 0 Å². The maximum Gasteiger partial charge on any atom is 0.293 e. The third-order valence-corrected chi connectivity index (χ3v) is 17.3. The van der Waals surface area contributed by atoms with Gasteiger partial charge in [-0.05, 0) is 135 Å². The van der Waals surface area contributed by atoms with Gasteiger partial charge >= 0.3 is 0 Å². The first-order chi connectivity index (χ1) is 35.0. The molecule has 2 aromatic heterocycles. The van der Waals surface area contributed by atoms with Crippen molar-refractivity contribution in [3.05, 3.63) is 148 Å². The topological polar surface area (TPSA) is 203 Å². The summed E-state index contributed by atoms with van der Waals surface area (Å²) in [6, 6.07) is 31.0. The van der Waals surface area contributed by atoms with Gasteiger partial charge in [-0.2, -0.15) is 0 Å². The number of carbonyl (C=O) groups is 2. The Hall–Kier alpha value is -6.82. The molecule has 1 spiro atoms. The van der Waals surface area contributed by atoms with Crippen LogP contribution in [0.1, 0.15) is 116 Å². The van der Waals surface area contributed by atoms with Gasteiger partial charge in [0.15, 0.2) is 0 Å². The number of fused-ring (bicyclic) bond motifs is 1. The molecule has 1 atom stereocenters. The zero-order valence-corrected chi connectivity index (χ0v) is 42.4. The molecule has 17 heteroatoms. The fourth-order valence-corrected chi connectivity index (χ4v) is 12.7. The van der Waals surface area contributed by atoms with Crippen LogP contribution in [-0.2, 0) is 10.0 Å². The highest BCUT2D eigenvalue weighted by molar-refractivity contribution is 7.90. The number of benzene rings is 4. The molecule has 2 aliphatic carbocycles. The number of amides is 2. The number of nitro benzene ring substituents is 1. The summed E-state index contributed by atoms with van der Waals surface area (Å²) in [6.45, 7) is 10.4. The summed E-state index contributed by atoms with van der Waals surface area (Å²) in [5.74, 6) is 0.107. The number of anilines is 2. The molecule has 382 valence electrons. The van der Waals surface area contributed by atoms with Crippen molar-refractivity contribution >= 4 is 49.9 Å². The highest BCUT2D eigenvalue weighted by Gasteiger charge is 2.50. The number of H-pyrrole nitrogens is 1. The van der Waals surface area contributed by atoms with Crippen molar-refractivity contribution in [2.75, 3.05) is 49.5 Å². The molecule has 2 saturated heterocycles. The Morgan fingerprint density at radius 2 is 1.66 bits per heavy atom. The average molecular weight is 1010 g/mol. The fraction of sp³-hybridized carbons (Fsp3) is 0.411. The second-order valence-corrected chi connectivity index (χ2v) is 22.9. The summed E-state index contributed by atoms with van der Waals surface area (Å²) in [7, 11) is -4.60. The van der Waals surface area contributed by atoms with Crippen LogP contribution in [0.25, 0.3) is 11.0 Å². The summed E-state index contributed by atoms with van der Waals surface area (Å²) < 4.78 is 36.2. The highest BCUT2D eigenvalue weighted by Crippen LogP contribution is 2.53. The number of piperazine rings is 1. The number of aromatic nitrogens is 2. The summed E-state index contributed by atoms with van der Waals surface area (Å²) in [5, 5.41) is 26.5. The predicted octanol–water partition coefficient (Wildman–Crippen LogP) is 9.81. The number of pyridine rings is 1. The third kappa shape index (κ3) is 10.7. The first-order valence-electron chi connectivity index (χ1n) is 25.5. The SMILES string of the molecule is CC(C)c1ccccc1C1CN(C(=O)c2ccccc2)CCN1C1CC2(CCN(c3ccc(C(=O)NS(=O)(=O)c4ccc(NCC5CCC(C)(O)CC5)c([N+](=O)[O-])c4)c(Oc4cnc5[nH]ccc5c4)c3)CC2)C1. The molecule has 0 bridgehead atoms. The van der Waals surface area contributed by atoms with E-state index < -0.39 is 37.0 Å². The van der Waals surface area contributed by atoms with Crippen molar-refractivity contribution in [3.63, 3.8) is 0 Å². The predicted molar refractivity (Wildman–Crippen MR) is 281 cm³/mol. The van der Waals surface area contributed by atoms with Crippen LogP contribution >= 0.6 is 0 Å². The van der Waals surface area contributed by atoms with Gasteiger partial charge in [0.25, 0.3) is 27.5 Å². The Labute approximate surface area is 426 Å². The van der Waals surface area contributed by atoms with Crippen molar-refractivity contribution in [1.29, 1.82) is 0 Å². The minimum absolute atomic E-state index is 0.0461. The molecule has 73 heavy (non-hydrogen) atoms. The van der Waals surface area contributed by atoms with Gasteiger partial charge in [0.05, 0.1) is 33.2 Å². The Balaban J connectivity index is 0.838.